The minimum absolute atomic E-state index is 0.105. The number of thiophene rings is 1. The van der Waals surface area contributed by atoms with Crippen molar-refractivity contribution < 1.29 is 4.92 Å². The van der Waals surface area contributed by atoms with E-state index in [9.17, 15) is 10.1 Å². The second kappa shape index (κ2) is 6.63. The van der Waals surface area contributed by atoms with E-state index in [-0.39, 0.29) is 16.7 Å². The lowest BCUT2D eigenvalue weighted by molar-refractivity contribution is -0.385. The van der Waals surface area contributed by atoms with Gasteiger partial charge in [0.25, 0.3) is 5.69 Å². The van der Waals surface area contributed by atoms with E-state index >= 15 is 0 Å². The first-order valence-electron chi connectivity index (χ1n) is 6.57. The number of aryl methyl sites for hydroxylation is 1. The lowest BCUT2D eigenvalue weighted by Gasteiger charge is -2.14. The van der Waals surface area contributed by atoms with E-state index in [4.69, 9.17) is 0 Å². The fraction of sp³-hybridized carbons (Fsp3) is 0.333. The first-order valence-corrected chi connectivity index (χ1v) is 7.51. The number of hydrogen-bond donors (Lipinski definition) is 1. The van der Waals surface area contributed by atoms with Gasteiger partial charge in [0.05, 0.1) is 4.92 Å². The van der Waals surface area contributed by atoms with Crippen LogP contribution in [-0.4, -0.2) is 11.5 Å². The van der Waals surface area contributed by atoms with Gasteiger partial charge in [0.15, 0.2) is 0 Å². The Morgan fingerprint density at radius 1 is 1.40 bits per heavy atom. The zero-order chi connectivity index (χ0) is 14.5. The van der Waals surface area contributed by atoms with Crippen molar-refractivity contribution in [1.29, 1.82) is 0 Å². The standard InChI is InChI=1S/C15H18N2O2S/c1-11-3-4-14(9-15(11)17(18)19)12(2)16-7-5-13-6-8-20-10-13/h3-4,6,8-10,12,16H,5,7H2,1-2H3. The van der Waals surface area contributed by atoms with E-state index < -0.39 is 0 Å². The van der Waals surface area contributed by atoms with Gasteiger partial charge in [-0.1, -0.05) is 12.1 Å². The van der Waals surface area contributed by atoms with Crippen molar-refractivity contribution in [3.63, 3.8) is 0 Å². The van der Waals surface area contributed by atoms with Crippen molar-refractivity contribution in [2.24, 2.45) is 0 Å². The minimum atomic E-state index is -0.323. The van der Waals surface area contributed by atoms with Gasteiger partial charge in [0, 0.05) is 17.7 Å². The quantitative estimate of drug-likeness (QED) is 0.649. The van der Waals surface area contributed by atoms with Crippen LogP contribution in [0.25, 0.3) is 0 Å². The Labute approximate surface area is 122 Å². The summed E-state index contributed by atoms with van der Waals surface area (Å²) in [6.07, 6.45) is 0.974. The number of hydrogen-bond acceptors (Lipinski definition) is 4. The number of nitrogens with one attached hydrogen (secondary N) is 1. The maximum atomic E-state index is 11.0. The minimum Gasteiger partial charge on any atom is -0.310 e. The monoisotopic (exact) mass is 290 g/mol. The summed E-state index contributed by atoms with van der Waals surface area (Å²) in [6, 6.07) is 7.65. The second-order valence-corrected chi connectivity index (χ2v) is 5.64. The molecule has 0 aliphatic carbocycles. The van der Waals surface area contributed by atoms with Crippen LogP contribution < -0.4 is 5.32 Å². The third-order valence-electron chi connectivity index (χ3n) is 3.37. The molecule has 106 valence electrons. The van der Waals surface area contributed by atoms with Crippen molar-refractivity contribution in [2.75, 3.05) is 6.54 Å². The van der Waals surface area contributed by atoms with Gasteiger partial charge < -0.3 is 5.32 Å². The van der Waals surface area contributed by atoms with Crippen LogP contribution in [0.4, 0.5) is 5.69 Å². The van der Waals surface area contributed by atoms with E-state index in [1.807, 2.05) is 19.1 Å². The second-order valence-electron chi connectivity index (χ2n) is 4.86. The molecule has 2 aromatic rings. The Morgan fingerprint density at radius 2 is 2.20 bits per heavy atom. The van der Waals surface area contributed by atoms with Crippen molar-refractivity contribution in [3.05, 3.63) is 61.8 Å². The zero-order valence-electron chi connectivity index (χ0n) is 11.6. The number of rotatable bonds is 6. The lowest BCUT2D eigenvalue weighted by Crippen LogP contribution is -2.21. The summed E-state index contributed by atoms with van der Waals surface area (Å²) in [5.74, 6) is 0. The molecule has 0 saturated heterocycles. The summed E-state index contributed by atoms with van der Waals surface area (Å²) in [5, 5.41) is 18.6. The molecule has 2 rings (SSSR count). The van der Waals surface area contributed by atoms with Crippen molar-refractivity contribution in [2.45, 2.75) is 26.3 Å². The normalized spacial score (nSPS) is 12.3. The van der Waals surface area contributed by atoms with Crippen molar-refractivity contribution in [3.8, 4) is 0 Å². The van der Waals surface area contributed by atoms with Crippen LogP contribution in [-0.2, 0) is 6.42 Å². The Bertz CT molecular complexity index is 582. The molecule has 0 saturated carbocycles. The highest BCUT2D eigenvalue weighted by molar-refractivity contribution is 7.07. The average Bonchev–Trinajstić information content (AvgIpc) is 2.92. The molecule has 0 radical (unpaired) electrons. The van der Waals surface area contributed by atoms with E-state index in [1.165, 1.54) is 5.56 Å². The van der Waals surface area contributed by atoms with Gasteiger partial charge in [0.2, 0.25) is 0 Å². The molecule has 1 unspecified atom stereocenters. The molecule has 1 atom stereocenters. The predicted octanol–water partition coefficient (Wildman–Crippen LogP) is 3.86. The molecule has 0 spiro atoms. The van der Waals surface area contributed by atoms with Gasteiger partial charge in [-0.05, 0) is 54.8 Å². The number of nitro groups is 1. The first kappa shape index (κ1) is 14.7. The van der Waals surface area contributed by atoms with Gasteiger partial charge in [-0.15, -0.1) is 0 Å². The van der Waals surface area contributed by atoms with Crippen molar-refractivity contribution >= 4 is 17.0 Å². The van der Waals surface area contributed by atoms with Crippen LogP contribution in [0.15, 0.2) is 35.0 Å². The predicted molar refractivity (Wildman–Crippen MR) is 82.3 cm³/mol. The fourth-order valence-electron chi connectivity index (χ4n) is 2.08. The smallest absolute Gasteiger partial charge is 0.272 e. The van der Waals surface area contributed by atoms with Gasteiger partial charge in [-0.3, -0.25) is 10.1 Å². The molecule has 1 aromatic heterocycles. The highest BCUT2D eigenvalue weighted by atomic mass is 32.1. The Morgan fingerprint density at radius 3 is 2.85 bits per heavy atom. The largest absolute Gasteiger partial charge is 0.310 e. The van der Waals surface area contributed by atoms with Crippen LogP contribution in [0, 0.1) is 17.0 Å². The molecule has 1 heterocycles. The molecule has 1 aromatic carbocycles. The Hall–Kier alpha value is -1.72. The summed E-state index contributed by atoms with van der Waals surface area (Å²) in [6.45, 7) is 4.65. The van der Waals surface area contributed by atoms with Crippen LogP contribution in [0.3, 0.4) is 0 Å². The van der Waals surface area contributed by atoms with Crippen LogP contribution >= 0.6 is 11.3 Å². The maximum absolute atomic E-state index is 11.0. The molecule has 0 amide bonds. The van der Waals surface area contributed by atoms with Crippen LogP contribution in [0.2, 0.25) is 0 Å². The van der Waals surface area contributed by atoms with Gasteiger partial charge >= 0.3 is 0 Å². The summed E-state index contributed by atoms with van der Waals surface area (Å²) in [4.78, 5) is 10.6. The van der Waals surface area contributed by atoms with Crippen LogP contribution in [0.1, 0.15) is 29.7 Å². The fourth-order valence-corrected chi connectivity index (χ4v) is 2.78. The lowest BCUT2D eigenvalue weighted by atomic mass is 10.0. The maximum Gasteiger partial charge on any atom is 0.272 e. The molecule has 0 fully saturated rings. The summed E-state index contributed by atoms with van der Waals surface area (Å²) in [7, 11) is 0. The third-order valence-corrected chi connectivity index (χ3v) is 4.11. The molecule has 0 aliphatic rings. The topological polar surface area (TPSA) is 55.2 Å². The third kappa shape index (κ3) is 3.65. The van der Waals surface area contributed by atoms with Gasteiger partial charge in [0.1, 0.15) is 0 Å². The Balaban J connectivity index is 1.96. The molecule has 1 N–H and O–H groups in total. The summed E-state index contributed by atoms with van der Waals surface area (Å²) in [5.41, 5.74) is 3.16. The number of nitrogens with zero attached hydrogens (tertiary/aromatic N) is 1. The summed E-state index contributed by atoms with van der Waals surface area (Å²) >= 11 is 1.70. The zero-order valence-corrected chi connectivity index (χ0v) is 12.4. The number of benzene rings is 1. The van der Waals surface area contributed by atoms with E-state index in [2.05, 4.69) is 22.1 Å². The SMILES string of the molecule is Cc1ccc(C(C)NCCc2ccsc2)cc1[N+](=O)[O-]. The highest BCUT2D eigenvalue weighted by Crippen LogP contribution is 2.23. The summed E-state index contributed by atoms with van der Waals surface area (Å²) < 4.78 is 0. The molecule has 5 heteroatoms. The van der Waals surface area contributed by atoms with E-state index in [1.54, 1.807) is 24.3 Å². The highest BCUT2D eigenvalue weighted by Gasteiger charge is 2.13. The van der Waals surface area contributed by atoms with Gasteiger partial charge in [-0.2, -0.15) is 11.3 Å². The van der Waals surface area contributed by atoms with Crippen LogP contribution in [0.5, 0.6) is 0 Å². The first-order chi connectivity index (χ1) is 9.58. The molecular formula is C15H18N2O2S. The van der Waals surface area contributed by atoms with Crippen molar-refractivity contribution in [1.82, 2.24) is 5.32 Å². The van der Waals surface area contributed by atoms with Gasteiger partial charge in [-0.25, -0.2) is 0 Å². The van der Waals surface area contributed by atoms with E-state index in [0.29, 0.717) is 5.56 Å². The average molecular weight is 290 g/mol. The number of nitro benzene ring substituents is 1. The molecule has 0 bridgehead atoms. The Kier molecular flexibility index (Phi) is 4.87. The van der Waals surface area contributed by atoms with E-state index in [0.717, 1.165) is 18.5 Å². The molecule has 20 heavy (non-hydrogen) atoms. The molecule has 0 aliphatic heterocycles. The molecular weight excluding hydrogens is 272 g/mol. The molecule has 4 nitrogen and oxygen atoms in total.